The van der Waals surface area contributed by atoms with Crippen molar-refractivity contribution in [3.05, 3.63) is 35.8 Å². The van der Waals surface area contributed by atoms with Crippen molar-refractivity contribution >= 4 is 11.5 Å². The maximum atomic E-state index is 6.06. The minimum absolute atomic E-state index is 0.183. The third-order valence-electron chi connectivity index (χ3n) is 4.68. The fourth-order valence-corrected chi connectivity index (χ4v) is 3.27. The molecule has 4 heterocycles. The van der Waals surface area contributed by atoms with Crippen molar-refractivity contribution in [2.45, 2.75) is 32.8 Å². The summed E-state index contributed by atoms with van der Waals surface area (Å²) in [5.74, 6) is 3.16. The fourth-order valence-electron chi connectivity index (χ4n) is 3.27. The van der Waals surface area contributed by atoms with Gasteiger partial charge in [0.05, 0.1) is 13.3 Å². The van der Waals surface area contributed by atoms with Crippen LogP contribution in [0.5, 0.6) is 11.6 Å². The number of aryl methyl sites for hydroxylation is 2. The highest BCUT2D eigenvalue weighted by Gasteiger charge is 2.23. The zero-order chi connectivity index (χ0) is 18.1. The average molecular weight is 354 g/mol. The zero-order valence-corrected chi connectivity index (χ0v) is 15.2. The van der Waals surface area contributed by atoms with Crippen LogP contribution in [0.2, 0.25) is 0 Å². The van der Waals surface area contributed by atoms with Crippen molar-refractivity contribution < 1.29 is 9.47 Å². The van der Waals surface area contributed by atoms with E-state index in [0.29, 0.717) is 5.88 Å². The van der Waals surface area contributed by atoms with Crippen molar-refractivity contribution in [2.75, 3.05) is 25.1 Å². The number of methoxy groups -OCH3 is 1. The van der Waals surface area contributed by atoms with Gasteiger partial charge >= 0.3 is 0 Å². The summed E-state index contributed by atoms with van der Waals surface area (Å²) < 4.78 is 12.9. The predicted molar refractivity (Wildman–Crippen MR) is 96.9 cm³/mol. The van der Waals surface area contributed by atoms with Crippen LogP contribution in [-0.4, -0.2) is 51.1 Å². The van der Waals surface area contributed by atoms with E-state index < -0.39 is 0 Å². The number of fused-ring (bicyclic) bond motifs is 1. The van der Waals surface area contributed by atoms with Crippen LogP contribution in [0.15, 0.2) is 24.4 Å². The number of nitrogens with zero attached hydrogens (tertiary/aromatic N) is 6. The lowest BCUT2D eigenvalue weighted by Gasteiger charge is -2.33. The van der Waals surface area contributed by atoms with E-state index in [1.54, 1.807) is 17.8 Å². The van der Waals surface area contributed by atoms with Gasteiger partial charge in [0, 0.05) is 32.0 Å². The molecule has 0 spiro atoms. The van der Waals surface area contributed by atoms with Gasteiger partial charge in [-0.1, -0.05) is 0 Å². The largest absolute Gasteiger partial charge is 0.489 e. The van der Waals surface area contributed by atoms with E-state index in [0.717, 1.165) is 54.5 Å². The summed E-state index contributed by atoms with van der Waals surface area (Å²) in [6.07, 6.45) is 3.76. The number of piperidine rings is 1. The van der Waals surface area contributed by atoms with E-state index >= 15 is 0 Å². The van der Waals surface area contributed by atoms with E-state index in [1.165, 1.54) is 0 Å². The Morgan fingerprint density at radius 1 is 1.12 bits per heavy atom. The second kappa shape index (κ2) is 6.78. The topological polar surface area (TPSA) is 77.7 Å². The molecule has 1 aliphatic rings. The summed E-state index contributed by atoms with van der Waals surface area (Å²) in [6.45, 7) is 5.77. The van der Waals surface area contributed by atoms with Gasteiger partial charge in [-0.05, 0) is 31.5 Å². The molecule has 0 N–H and O–H groups in total. The average Bonchev–Trinajstić information content (AvgIpc) is 3.02. The first kappa shape index (κ1) is 16.6. The molecule has 0 aliphatic carbocycles. The molecule has 1 fully saturated rings. The van der Waals surface area contributed by atoms with E-state index in [9.17, 15) is 0 Å². The number of ether oxygens (including phenoxy) is 2. The quantitative estimate of drug-likeness (QED) is 0.711. The van der Waals surface area contributed by atoms with Crippen LogP contribution in [-0.2, 0) is 0 Å². The van der Waals surface area contributed by atoms with Gasteiger partial charge in [0.25, 0.3) is 0 Å². The highest BCUT2D eigenvalue weighted by molar-refractivity contribution is 5.52. The van der Waals surface area contributed by atoms with Gasteiger partial charge in [-0.2, -0.15) is 4.52 Å². The van der Waals surface area contributed by atoms with E-state index in [4.69, 9.17) is 14.6 Å². The van der Waals surface area contributed by atoms with Crippen LogP contribution in [0.25, 0.3) is 5.65 Å². The molecule has 0 saturated carbocycles. The Bertz CT molecular complexity index is 900. The molecule has 4 rings (SSSR count). The summed E-state index contributed by atoms with van der Waals surface area (Å²) in [6, 6.07) is 5.75. The Kier molecular flexibility index (Phi) is 4.32. The van der Waals surface area contributed by atoms with Crippen LogP contribution >= 0.6 is 0 Å². The molecule has 0 bridgehead atoms. The highest BCUT2D eigenvalue weighted by atomic mass is 16.5. The first-order valence-corrected chi connectivity index (χ1v) is 8.75. The summed E-state index contributed by atoms with van der Waals surface area (Å²) in [4.78, 5) is 6.49. The lowest BCUT2D eigenvalue weighted by atomic mass is 10.1. The monoisotopic (exact) mass is 354 g/mol. The third kappa shape index (κ3) is 3.14. The molecule has 3 aromatic rings. The molecule has 0 unspecified atom stereocenters. The number of pyridine rings is 1. The molecular formula is C18H22N6O2. The van der Waals surface area contributed by atoms with Gasteiger partial charge in [0.2, 0.25) is 5.88 Å². The summed E-state index contributed by atoms with van der Waals surface area (Å²) in [5, 5.41) is 13.0. The summed E-state index contributed by atoms with van der Waals surface area (Å²) in [5.41, 5.74) is 1.90. The number of aromatic nitrogens is 5. The molecule has 8 heteroatoms. The van der Waals surface area contributed by atoms with Gasteiger partial charge in [0.1, 0.15) is 11.9 Å². The third-order valence-corrected chi connectivity index (χ3v) is 4.68. The van der Waals surface area contributed by atoms with Gasteiger partial charge < -0.3 is 14.4 Å². The number of hydrogen-bond acceptors (Lipinski definition) is 7. The second-order valence-electron chi connectivity index (χ2n) is 6.51. The molecule has 1 saturated heterocycles. The van der Waals surface area contributed by atoms with Gasteiger partial charge in [-0.15, -0.1) is 15.3 Å². The van der Waals surface area contributed by atoms with E-state index in [1.807, 2.05) is 25.1 Å². The lowest BCUT2D eigenvalue weighted by Crippen LogP contribution is -2.39. The Morgan fingerprint density at radius 3 is 2.62 bits per heavy atom. The van der Waals surface area contributed by atoms with Crippen LogP contribution in [0, 0.1) is 13.8 Å². The molecule has 3 aromatic heterocycles. The predicted octanol–water partition coefficient (Wildman–Crippen LogP) is 2.19. The van der Waals surface area contributed by atoms with E-state index in [2.05, 4.69) is 27.0 Å². The van der Waals surface area contributed by atoms with E-state index in [-0.39, 0.29) is 6.10 Å². The first-order valence-electron chi connectivity index (χ1n) is 8.75. The molecular weight excluding hydrogens is 332 g/mol. The summed E-state index contributed by atoms with van der Waals surface area (Å²) in [7, 11) is 1.60. The fraction of sp³-hybridized carbons (Fsp3) is 0.444. The molecule has 26 heavy (non-hydrogen) atoms. The Morgan fingerprint density at radius 2 is 1.92 bits per heavy atom. The molecule has 0 radical (unpaired) electrons. The standard InChI is InChI=1S/C18H22N6O2/c1-12-10-16-21-20-13(2)24(16)22-18(12)23-8-6-14(7-9-23)26-15-4-5-17(25-3)19-11-15/h4-5,10-11,14H,6-9H2,1-3H3. The van der Waals surface area contributed by atoms with Crippen molar-refractivity contribution in [1.82, 2.24) is 24.8 Å². The molecule has 136 valence electrons. The Labute approximate surface area is 151 Å². The normalized spacial score (nSPS) is 15.4. The Balaban J connectivity index is 1.43. The summed E-state index contributed by atoms with van der Waals surface area (Å²) >= 11 is 0. The van der Waals surface area contributed by atoms with Gasteiger partial charge in [0.15, 0.2) is 17.3 Å². The smallest absolute Gasteiger partial charge is 0.213 e. The van der Waals surface area contributed by atoms with Crippen LogP contribution < -0.4 is 14.4 Å². The van der Waals surface area contributed by atoms with Crippen molar-refractivity contribution in [3.8, 4) is 11.6 Å². The number of hydrogen-bond donors (Lipinski definition) is 0. The number of anilines is 1. The minimum Gasteiger partial charge on any atom is -0.489 e. The maximum Gasteiger partial charge on any atom is 0.213 e. The second-order valence-corrected chi connectivity index (χ2v) is 6.51. The van der Waals surface area contributed by atoms with Gasteiger partial charge in [-0.3, -0.25) is 0 Å². The SMILES string of the molecule is COc1ccc(OC2CCN(c3nn4c(C)nnc4cc3C)CC2)cn1. The first-order chi connectivity index (χ1) is 12.6. The highest BCUT2D eigenvalue weighted by Crippen LogP contribution is 2.25. The van der Waals surface area contributed by atoms with Crippen LogP contribution in [0.4, 0.5) is 5.82 Å². The zero-order valence-electron chi connectivity index (χ0n) is 15.2. The Hall–Kier alpha value is -2.90. The number of rotatable bonds is 4. The van der Waals surface area contributed by atoms with Crippen LogP contribution in [0.1, 0.15) is 24.2 Å². The lowest BCUT2D eigenvalue weighted by molar-refractivity contribution is 0.169. The molecule has 0 amide bonds. The maximum absolute atomic E-state index is 6.06. The van der Waals surface area contributed by atoms with Crippen molar-refractivity contribution in [3.63, 3.8) is 0 Å². The molecule has 0 aromatic carbocycles. The molecule has 8 nitrogen and oxygen atoms in total. The molecule has 0 atom stereocenters. The van der Waals surface area contributed by atoms with Crippen LogP contribution in [0.3, 0.4) is 0 Å². The molecule has 1 aliphatic heterocycles. The van der Waals surface area contributed by atoms with Gasteiger partial charge in [-0.25, -0.2) is 4.98 Å². The minimum atomic E-state index is 0.183. The van der Waals surface area contributed by atoms with Crippen molar-refractivity contribution in [2.24, 2.45) is 0 Å². The van der Waals surface area contributed by atoms with Crippen molar-refractivity contribution in [1.29, 1.82) is 0 Å².